The third-order valence-electron chi connectivity index (χ3n) is 0.932. The van der Waals surface area contributed by atoms with Gasteiger partial charge in [0.25, 0.3) is 0 Å². The summed E-state index contributed by atoms with van der Waals surface area (Å²) < 4.78 is 1.63. The molecule has 0 aliphatic rings. The summed E-state index contributed by atoms with van der Waals surface area (Å²) in [6.07, 6.45) is 3.24. The topological polar surface area (TPSA) is 34.9 Å². The molecule has 1 aromatic heterocycles. The first-order valence-electron chi connectivity index (χ1n) is 2.38. The second-order valence-electron chi connectivity index (χ2n) is 1.68. The molecule has 0 aromatic carbocycles. The lowest BCUT2D eigenvalue weighted by atomic mass is 10.4. The molecule has 0 amide bonds. The van der Waals surface area contributed by atoms with Crippen molar-refractivity contribution in [1.82, 2.24) is 9.78 Å². The average Bonchev–Trinajstić information content (AvgIpc) is 2.14. The molecule has 0 atom stereocenters. The van der Waals surface area contributed by atoms with Crippen LogP contribution in [-0.2, 0) is 7.05 Å². The van der Waals surface area contributed by atoms with Gasteiger partial charge >= 0.3 is 0 Å². The number of aromatic nitrogens is 2. The van der Waals surface area contributed by atoms with Gasteiger partial charge in [0.05, 0.1) is 11.8 Å². The number of carbonyl (C=O) groups excluding carboxylic acids is 1. The Bertz CT molecular complexity index is 231. The maximum Gasteiger partial charge on any atom is 0.225 e. The minimum Gasteiger partial charge on any atom is -0.282 e. The zero-order valence-electron chi connectivity index (χ0n) is 4.84. The summed E-state index contributed by atoms with van der Waals surface area (Å²) in [7, 11) is 1.78. The van der Waals surface area contributed by atoms with Crippen LogP contribution in [0.1, 0.15) is 10.4 Å². The molecule has 0 radical (unpaired) electrons. The Hall–Kier alpha value is -0.390. The Balaban J connectivity index is 2.98. The lowest BCUT2D eigenvalue weighted by Gasteiger charge is -1.80. The van der Waals surface area contributed by atoms with E-state index < -0.39 is 0 Å². The van der Waals surface area contributed by atoms with E-state index in [0.29, 0.717) is 5.56 Å². The fourth-order valence-electron chi connectivity index (χ4n) is 0.523. The number of rotatable bonds is 1. The van der Waals surface area contributed by atoms with Crippen LogP contribution >= 0.6 is 22.6 Å². The summed E-state index contributed by atoms with van der Waals surface area (Å²) in [5.74, 6) is 0. The van der Waals surface area contributed by atoms with Gasteiger partial charge in [0, 0.05) is 35.8 Å². The second-order valence-corrected chi connectivity index (χ2v) is 2.66. The molecule has 0 saturated heterocycles. The first kappa shape index (κ1) is 6.73. The minimum atomic E-state index is 0.0284. The maximum atomic E-state index is 10.6. The zero-order valence-corrected chi connectivity index (χ0v) is 6.99. The highest BCUT2D eigenvalue weighted by Gasteiger charge is 2.00. The largest absolute Gasteiger partial charge is 0.282 e. The maximum absolute atomic E-state index is 10.6. The molecule has 0 N–H and O–H groups in total. The van der Waals surface area contributed by atoms with Crippen LogP contribution in [0, 0.1) is 0 Å². The van der Waals surface area contributed by atoms with Crippen molar-refractivity contribution in [1.29, 1.82) is 0 Å². The third-order valence-corrected chi connectivity index (χ3v) is 1.55. The Kier molecular flexibility index (Phi) is 1.84. The van der Waals surface area contributed by atoms with E-state index in [2.05, 4.69) is 5.10 Å². The summed E-state index contributed by atoms with van der Waals surface area (Å²) in [6, 6.07) is 0. The van der Waals surface area contributed by atoms with Crippen molar-refractivity contribution < 1.29 is 4.79 Å². The average molecular weight is 236 g/mol. The molecule has 1 heterocycles. The Labute approximate surface area is 66.2 Å². The molecule has 1 rings (SSSR count). The molecule has 9 heavy (non-hydrogen) atoms. The molecule has 0 bridgehead atoms. The molecule has 0 unspecified atom stereocenters. The van der Waals surface area contributed by atoms with E-state index in [9.17, 15) is 4.79 Å². The predicted molar refractivity (Wildman–Crippen MR) is 41.6 cm³/mol. The summed E-state index contributed by atoms with van der Waals surface area (Å²) in [5.41, 5.74) is 0.651. The van der Waals surface area contributed by atoms with Gasteiger partial charge in [-0.25, -0.2) is 0 Å². The summed E-state index contributed by atoms with van der Waals surface area (Å²) >= 11 is 1.73. The molecule has 3 nitrogen and oxygen atoms in total. The predicted octanol–water partition coefficient (Wildman–Crippen LogP) is 0.995. The van der Waals surface area contributed by atoms with Crippen molar-refractivity contribution in [2.24, 2.45) is 7.05 Å². The number of carbonyl (C=O) groups is 1. The summed E-state index contributed by atoms with van der Waals surface area (Å²) in [6.45, 7) is 0. The van der Waals surface area contributed by atoms with Crippen LogP contribution in [-0.4, -0.2) is 13.6 Å². The Morgan fingerprint density at radius 3 is 2.78 bits per heavy atom. The highest BCUT2D eigenvalue weighted by Crippen LogP contribution is 2.02. The molecule has 4 heteroatoms. The van der Waals surface area contributed by atoms with Crippen LogP contribution in [0.2, 0.25) is 0 Å². The fraction of sp³-hybridized carbons (Fsp3) is 0.200. The second kappa shape index (κ2) is 2.47. The molecular formula is C5H5IN2O. The van der Waals surface area contributed by atoms with E-state index in [0.717, 1.165) is 0 Å². The lowest BCUT2D eigenvalue weighted by molar-refractivity contribution is 0.110. The van der Waals surface area contributed by atoms with E-state index in [4.69, 9.17) is 0 Å². The first-order chi connectivity index (χ1) is 4.20. The van der Waals surface area contributed by atoms with Crippen molar-refractivity contribution in [3.63, 3.8) is 0 Å². The molecule has 0 aliphatic heterocycles. The van der Waals surface area contributed by atoms with Gasteiger partial charge in [-0.2, -0.15) is 5.10 Å². The normalized spacial score (nSPS) is 9.56. The molecule has 1 aromatic rings. The lowest BCUT2D eigenvalue weighted by Crippen LogP contribution is -1.85. The highest BCUT2D eigenvalue weighted by molar-refractivity contribution is 14.1. The summed E-state index contributed by atoms with van der Waals surface area (Å²) in [4.78, 5) is 10.6. The van der Waals surface area contributed by atoms with Gasteiger partial charge in [-0.1, -0.05) is 0 Å². The van der Waals surface area contributed by atoms with Gasteiger partial charge in [-0.3, -0.25) is 9.48 Å². The van der Waals surface area contributed by atoms with E-state index in [-0.39, 0.29) is 3.79 Å². The molecule has 48 valence electrons. The molecule has 0 aliphatic carbocycles. The van der Waals surface area contributed by atoms with Gasteiger partial charge in [0.1, 0.15) is 0 Å². The fourth-order valence-corrected chi connectivity index (χ4v) is 0.801. The van der Waals surface area contributed by atoms with Crippen molar-refractivity contribution >= 4 is 26.4 Å². The molecule has 0 spiro atoms. The molecule has 0 saturated carbocycles. The van der Waals surface area contributed by atoms with E-state index in [1.54, 1.807) is 46.7 Å². The third kappa shape index (κ3) is 1.51. The van der Waals surface area contributed by atoms with Gasteiger partial charge in [0.15, 0.2) is 0 Å². The number of halogens is 1. The van der Waals surface area contributed by atoms with Crippen LogP contribution in [0.15, 0.2) is 12.4 Å². The van der Waals surface area contributed by atoms with E-state index in [1.807, 2.05) is 0 Å². The van der Waals surface area contributed by atoms with E-state index >= 15 is 0 Å². The minimum absolute atomic E-state index is 0.0284. The monoisotopic (exact) mass is 236 g/mol. The summed E-state index contributed by atoms with van der Waals surface area (Å²) in [5, 5.41) is 3.83. The number of hydrogen-bond acceptors (Lipinski definition) is 2. The van der Waals surface area contributed by atoms with E-state index in [1.165, 1.54) is 0 Å². The van der Waals surface area contributed by atoms with Crippen molar-refractivity contribution in [3.8, 4) is 0 Å². The van der Waals surface area contributed by atoms with Crippen molar-refractivity contribution in [3.05, 3.63) is 18.0 Å². The molecular weight excluding hydrogens is 231 g/mol. The zero-order chi connectivity index (χ0) is 6.85. The quantitative estimate of drug-likeness (QED) is 0.538. The van der Waals surface area contributed by atoms with Gasteiger partial charge in [-0.05, 0) is 0 Å². The van der Waals surface area contributed by atoms with Crippen molar-refractivity contribution in [2.75, 3.05) is 0 Å². The Morgan fingerprint density at radius 2 is 2.56 bits per heavy atom. The van der Waals surface area contributed by atoms with Crippen LogP contribution in [0.5, 0.6) is 0 Å². The number of nitrogens with zero attached hydrogens (tertiary/aromatic N) is 2. The number of aryl methyl sites for hydroxylation is 1. The first-order valence-corrected chi connectivity index (χ1v) is 3.46. The van der Waals surface area contributed by atoms with Crippen LogP contribution < -0.4 is 0 Å². The highest BCUT2D eigenvalue weighted by atomic mass is 127. The van der Waals surface area contributed by atoms with Gasteiger partial charge in [0.2, 0.25) is 3.79 Å². The molecule has 0 fully saturated rings. The number of hydrogen-bond donors (Lipinski definition) is 0. The van der Waals surface area contributed by atoms with Crippen LogP contribution in [0.25, 0.3) is 0 Å². The van der Waals surface area contributed by atoms with Crippen LogP contribution in [0.3, 0.4) is 0 Å². The van der Waals surface area contributed by atoms with Gasteiger partial charge < -0.3 is 0 Å². The smallest absolute Gasteiger partial charge is 0.225 e. The van der Waals surface area contributed by atoms with Crippen LogP contribution in [0.4, 0.5) is 0 Å². The Morgan fingerprint density at radius 1 is 1.89 bits per heavy atom. The van der Waals surface area contributed by atoms with Gasteiger partial charge in [-0.15, -0.1) is 0 Å². The van der Waals surface area contributed by atoms with Crippen molar-refractivity contribution in [2.45, 2.75) is 0 Å². The standard InChI is InChI=1S/C5H5IN2O/c1-8-3-4(2-7-8)5(6)9/h2-3H,1H3. The SMILES string of the molecule is Cn1cc(C(=O)I)cn1.